The van der Waals surface area contributed by atoms with Crippen molar-refractivity contribution in [2.45, 2.75) is 58.2 Å². The Hall–Kier alpha value is -2.53. The van der Waals surface area contributed by atoms with Crippen LogP contribution in [0.4, 0.5) is 10.5 Å². The predicted molar refractivity (Wildman–Crippen MR) is 115 cm³/mol. The second kappa shape index (κ2) is 8.46. The van der Waals surface area contributed by atoms with Gasteiger partial charge in [-0.2, -0.15) is 0 Å². The average Bonchev–Trinajstić information content (AvgIpc) is 2.65. The van der Waals surface area contributed by atoms with E-state index < -0.39 is 17.7 Å². The fraction of sp³-hybridized carbons (Fsp3) is 0.391. The van der Waals surface area contributed by atoms with Gasteiger partial charge < -0.3 is 15.0 Å². The number of alkyl carbamates (subject to hydrolysis) is 1. The lowest BCUT2D eigenvalue weighted by Crippen LogP contribution is -2.54. The summed E-state index contributed by atoms with van der Waals surface area (Å²) in [6.07, 6.45) is 0.522. The second-order valence-electron chi connectivity index (χ2n) is 8.22. The number of rotatable bonds is 4. The van der Waals surface area contributed by atoms with E-state index in [1.807, 2.05) is 55.5 Å². The highest BCUT2D eigenvalue weighted by Gasteiger charge is 2.38. The Bertz CT molecular complexity index is 893. The van der Waals surface area contributed by atoms with Crippen molar-refractivity contribution in [3.05, 3.63) is 64.7 Å². The van der Waals surface area contributed by atoms with E-state index in [-0.39, 0.29) is 11.9 Å². The van der Waals surface area contributed by atoms with E-state index in [4.69, 9.17) is 16.3 Å². The van der Waals surface area contributed by atoms with Crippen molar-refractivity contribution in [2.24, 2.45) is 0 Å². The van der Waals surface area contributed by atoms with E-state index in [2.05, 4.69) is 5.32 Å². The van der Waals surface area contributed by atoms with Crippen molar-refractivity contribution in [3.8, 4) is 0 Å². The van der Waals surface area contributed by atoms with Crippen molar-refractivity contribution in [1.29, 1.82) is 0 Å². The third-order valence-corrected chi connectivity index (χ3v) is 5.08. The van der Waals surface area contributed by atoms with Crippen molar-refractivity contribution in [1.82, 2.24) is 5.32 Å². The molecule has 0 spiro atoms. The zero-order valence-electron chi connectivity index (χ0n) is 17.2. The molecule has 1 aliphatic rings. The van der Waals surface area contributed by atoms with E-state index in [0.29, 0.717) is 11.4 Å². The van der Waals surface area contributed by atoms with Gasteiger partial charge in [0.2, 0.25) is 0 Å². The van der Waals surface area contributed by atoms with Crippen LogP contribution in [-0.2, 0) is 16.0 Å². The SMILES string of the molecule is CC[C@@H](c1ccccc1)N1C(=O)[C@H](NC(=O)OC(C)(C)C)Cc2ccc(Cl)cc21. The van der Waals surface area contributed by atoms with Gasteiger partial charge in [-0.3, -0.25) is 4.79 Å². The molecule has 29 heavy (non-hydrogen) atoms. The maximum absolute atomic E-state index is 13.5. The van der Waals surface area contributed by atoms with Gasteiger partial charge in [-0.1, -0.05) is 54.9 Å². The van der Waals surface area contributed by atoms with Crippen LogP contribution < -0.4 is 10.2 Å². The zero-order chi connectivity index (χ0) is 21.2. The van der Waals surface area contributed by atoms with Gasteiger partial charge in [0.25, 0.3) is 5.91 Å². The number of benzene rings is 2. The van der Waals surface area contributed by atoms with Gasteiger partial charge in [-0.25, -0.2) is 4.79 Å². The molecule has 2 aromatic carbocycles. The number of anilines is 1. The van der Waals surface area contributed by atoms with Crippen LogP contribution in [0.3, 0.4) is 0 Å². The molecular formula is C23H27ClN2O3. The molecule has 2 aromatic rings. The summed E-state index contributed by atoms with van der Waals surface area (Å²) in [5.41, 5.74) is 2.15. The van der Waals surface area contributed by atoms with Crippen LogP contribution in [-0.4, -0.2) is 23.6 Å². The number of carbonyl (C=O) groups excluding carboxylic acids is 2. The first kappa shape index (κ1) is 21.2. The van der Waals surface area contributed by atoms with Gasteiger partial charge in [-0.15, -0.1) is 0 Å². The third kappa shape index (κ3) is 4.91. The largest absolute Gasteiger partial charge is 0.444 e. The smallest absolute Gasteiger partial charge is 0.408 e. The first-order chi connectivity index (χ1) is 13.7. The summed E-state index contributed by atoms with van der Waals surface area (Å²) < 4.78 is 5.36. The number of carbonyl (C=O) groups is 2. The van der Waals surface area contributed by atoms with Gasteiger partial charge >= 0.3 is 6.09 Å². The molecule has 0 aliphatic carbocycles. The monoisotopic (exact) mass is 414 g/mol. The van der Waals surface area contributed by atoms with E-state index in [1.54, 1.807) is 25.7 Å². The summed E-state index contributed by atoms with van der Waals surface area (Å²) in [6, 6.07) is 14.6. The minimum absolute atomic E-state index is 0.163. The molecule has 6 heteroatoms. The van der Waals surface area contributed by atoms with Gasteiger partial charge in [0.15, 0.2) is 0 Å². The molecule has 5 nitrogen and oxygen atoms in total. The van der Waals surface area contributed by atoms with Crippen molar-refractivity contribution >= 4 is 29.3 Å². The zero-order valence-corrected chi connectivity index (χ0v) is 18.0. The molecule has 0 radical (unpaired) electrons. The maximum Gasteiger partial charge on any atom is 0.408 e. The highest BCUT2D eigenvalue weighted by atomic mass is 35.5. The predicted octanol–water partition coefficient (Wildman–Crippen LogP) is 5.27. The summed E-state index contributed by atoms with van der Waals surface area (Å²) in [7, 11) is 0. The topological polar surface area (TPSA) is 58.6 Å². The van der Waals surface area contributed by atoms with Crippen molar-refractivity contribution in [3.63, 3.8) is 0 Å². The molecule has 2 amide bonds. The van der Waals surface area contributed by atoms with Gasteiger partial charge in [0.1, 0.15) is 11.6 Å². The summed E-state index contributed by atoms with van der Waals surface area (Å²) in [5.74, 6) is -0.165. The molecule has 0 saturated heterocycles. The lowest BCUT2D eigenvalue weighted by Gasteiger charge is -2.39. The number of ether oxygens (including phenoxy) is 1. The number of amides is 2. The van der Waals surface area contributed by atoms with Crippen LogP contribution >= 0.6 is 11.6 Å². The van der Waals surface area contributed by atoms with Crippen LogP contribution in [0.25, 0.3) is 0 Å². The van der Waals surface area contributed by atoms with E-state index in [0.717, 1.165) is 23.2 Å². The minimum atomic E-state index is -0.698. The quantitative estimate of drug-likeness (QED) is 0.740. The van der Waals surface area contributed by atoms with Crippen LogP contribution in [0.2, 0.25) is 5.02 Å². The van der Waals surface area contributed by atoms with Gasteiger partial charge in [-0.05, 0) is 50.5 Å². The number of fused-ring (bicyclic) bond motifs is 1. The van der Waals surface area contributed by atoms with Gasteiger partial charge in [0, 0.05) is 17.1 Å². The summed E-state index contributed by atoms with van der Waals surface area (Å²) >= 11 is 6.25. The standard InChI is InChI=1S/C23H27ClN2O3/c1-5-19(15-9-7-6-8-10-15)26-20-14-17(24)12-11-16(20)13-18(21(26)27)25-22(28)29-23(2,3)4/h6-12,14,18-19H,5,13H2,1-4H3,(H,25,28)/t18-,19+/m1/s1. The molecule has 3 rings (SSSR count). The fourth-order valence-electron chi connectivity index (χ4n) is 3.65. The molecule has 0 fully saturated rings. The average molecular weight is 415 g/mol. The Morgan fingerprint density at radius 3 is 2.55 bits per heavy atom. The molecule has 0 unspecified atom stereocenters. The highest BCUT2D eigenvalue weighted by molar-refractivity contribution is 6.31. The molecular weight excluding hydrogens is 388 g/mol. The van der Waals surface area contributed by atoms with E-state index in [9.17, 15) is 9.59 Å². The Labute approximate surface area is 177 Å². The molecule has 2 atom stereocenters. The van der Waals surface area contributed by atoms with Crippen molar-refractivity contribution in [2.75, 3.05) is 4.90 Å². The number of halogens is 1. The van der Waals surface area contributed by atoms with Gasteiger partial charge in [0.05, 0.1) is 6.04 Å². The molecule has 1 N–H and O–H groups in total. The molecule has 154 valence electrons. The molecule has 0 saturated carbocycles. The summed E-state index contributed by atoms with van der Waals surface area (Å²) in [5, 5.41) is 3.33. The third-order valence-electron chi connectivity index (χ3n) is 4.84. The lowest BCUT2D eigenvalue weighted by molar-refractivity contribution is -0.121. The maximum atomic E-state index is 13.5. The van der Waals surface area contributed by atoms with Crippen LogP contribution in [0.15, 0.2) is 48.5 Å². The number of hydrogen-bond acceptors (Lipinski definition) is 3. The Morgan fingerprint density at radius 1 is 1.24 bits per heavy atom. The molecule has 1 aliphatic heterocycles. The second-order valence-corrected chi connectivity index (χ2v) is 8.66. The molecule has 1 heterocycles. The first-order valence-corrected chi connectivity index (χ1v) is 10.2. The summed E-state index contributed by atoms with van der Waals surface area (Å²) in [4.78, 5) is 27.6. The number of hydrogen-bond donors (Lipinski definition) is 1. The molecule has 0 aromatic heterocycles. The molecule has 0 bridgehead atoms. The minimum Gasteiger partial charge on any atom is -0.444 e. The van der Waals surface area contributed by atoms with Crippen LogP contribution in [0, 0.1) is 0 Å². The Balaban J connectivity index is 1.98. The van der Waals surface area contributed by atoms with Crippen LogP contribution in [0.1, 0.15) is 51.3 Å². The van der Waals surface area contributed by atoms with Crippen LogP contribution in [0.5, 0.6) is 0 Å². The normalized spacial score (nSPS) is 17.5. The highest BCUT2D eigenvalue weighted by Crippen LogP contribution is 2.38. The summed E-state index contributed by atoms with van der Waals surface area (Å²) in [6.45, 7) is 7.42. The Morgan fingerprint density at radius 2 is 1.93 bits per heavy atom. The number of nitrogens with zero attached hydrogens (tertiary/aromatic N) is 1. The van der Waals surface area contributed by atoms with E-state index >= 15 is 0 Å². The number of nitrogens with one attached hydrogen (secondary N) is 1. The van der Waals surface area contributed by atoms with E-state index in [1.165, 1.54) is 0 Å². The fourth-order valence-corrected chi connectivity index (χ4v) is 3.82. The Kier molecular flexibility index (Phi) is 6.18. The lowest BCUT2D eigenvalue weighted by atomic mass is 9.92. The van der Waals surface area contributed by atoms with Crippen molar-refractivity contribution < 1.29 is 14.3 Å². The first-order valence-electron chi connectivity index (χ1n) is 9.85.